The van der Waals surface area contributed by atoms with Crippen LogP contribution < -0.4 is 10.1 Å². The summed E-state index contributed by atoms with van der Waals surface area (Å²) in [7, 11) is 0. The third kappa shape index (κ3) is 11.5. The molecule has 0 saturated carbocycles. The van der Waals surface area contributed by atoms with E-state index < -0.39 is 12.2 Å². The second kappa shape index (κ2) is 17.6. The molecule has 0 aromatic heterocycles. The van der Waals surface area contributed by atoms with E-state index in [0.717, 1.165) is 27.7 Å². The van der Waals surface area contributed by atoms with Gasteiger partial charge in [-0.15, -0.1) is 0 Å². The van der Waals surface area contributed by atoms with Crippen LogP contribution in [0.2, 0.25) is 0 Å². The maximum absolute atomic E-state index is 13.1. The number of esters is 1. The van der Waals surface area contributed by atoms with Crippen molar-refractivity contribution < 1.29 is 24.2 Å². The Hall–Kier alpha value is -4.23. The van der Waals surface area contributed by atoms with Gasteiger partial charge >= 0.3 is 5.97 Å². The zero-order valence-corrected chi connectivity index (χ0v) is 29.7. The summed E-state index contributed by atoms with van der Waals surface area (Å²) in [6.07, 6.45) is 1.16. The van der Waals surface area contributed by atoms with Gasteiger partial charge in [0.25, 0.3) is 0 Å². The standard InChI is InChI=1S/C36H39NO5S.C4H10/c1-6-7-34(37-23-38)42-35(40)22-26-21-28(36(4,5)27-9-8-24(2)25(3)20-27)10-19-33(26)41-30-13-17-32(18-14-30)43-31-15-11-29(39)12-16-31;1-4(2)3/h8-21,23,34,39H,6-7,22H2,1-5H3,(H,37,38);4H,1-3H3. The molecule has 0 aliphatic heterocycles. The Morgan fingerprint density at radius 2 is 1.45 bits per heavy atom. The third-order valence-electron chi connectivity index (χ3n) is 7.55. The molecule has 250 valence electrons. The minimum absolute atomic E-state index is 0.0122. The van der Waals surface area contributed by atoms with Gasteiger partial charge < -0.3 is 19.9 Å². The molecule has 4 aromatic rings. The fraction of sp³-hybridized carbons (Fsp3) is 0.350. The van der Waals surface area contributed by atoms with Gasteiger partial charge in [-0.25, -0.2) is 0 Å². The minimum Gasteiger partial charge on any atom is -0.508 e. The Morgan fingerprint density at radius 1 is 0.872 bits per heavy atom. The van der Waals surface area contributed by atoms with Crippen molar-refractivity contribution >= 4 is 24.1 Å². The average Bonchev–Trinajstić information content (AvgIpc) is 3.01. The van der Waals surface area contributed by atoms with E-state index in [0.29, 0.717) is 29.9 Å². The van der Waals surface area contributed by atoms with Crippen LogP contribution in [0.4, 0.5) is 0 Å². The molecule has 0 aliphatic carbocycles. The SMILES string of the molecule is CC(C)C.CCCC(NC=O)OC(=O)Cc1cc(C(C)(C)c2ccc(C)c(C)c2)ccc1Oc1ccc(Sc2ccc(O)cc2)cc1. The second-order valence-corrected chi connectivity index (χ2v) is 14.0. The Kier molecular flexibility index (Phi) is 14.0. The first-order chi connectivity index (χ1) is 22.3. The monoisotopic (exact) mass is 655 g/mol. The van der Waals surface area contributed by atoms with Crippen LogP contribution >= 0.6 is 11.8 Å². The largest absolute Gasteiger partial charge is 0.508 e. The lowest BCUT2D eigenvalue weighted by molar-refractivity contribution is -0.150. The molecular weight excluding hydrogens is 607 g/mol. The van der Waals surface area contributed by atoms with E-state index in [4.69, 9.17) is 9.47 Å². The number of rotatable bonds is 13. The van der Waals surface area contributed by atoms with E-state index in [1.165, 1.54) is 16.7 Å². The highest BCUT2D eigenvalue weighted by Gasteiger charge is 2.26. The van der Waals surface area contributed by atoms with E-state index in [2.05, 4.69) is 72.0 Å². The summed E-state index contributed by atoms with van der Waals surface area (Å²) in [5, 5.41) is 12.1. The number of benzene rings is 4. The van der Waals surface area contributed by atoms with Crippen molar-refractivity contribution in [2.75, 3.05) is 0 Å². The first-order valence-electron chi connectivity index (χ1n) is 16.2. The van der Waals surface area contributed by atoms with Gasteiger partial charge in [-0.3, -0.25) is 9.59 Å². The average molecular weight is 656 g/mol. The highest BCUT2D eigenvalue weighted by molar-refractivity contribution is 7.99. The number of hydrogen-bond donors (Lipinski definition) is 2. The lowest BCUT2D eigenvalue weighted by Crippen LogP contribution is -2.33. The number of ether oxygens (including phenoxy) is 2. The van der Waals surface area contributed by atoms with Gasteiger partial charge in [0.15, 0.2) is 6.23 Å². The zero-order valence-electron chi connectivity index (χ0n) is 28.9. The quantitative estimate of drug-likeness (QED) is 0.0847. The second-order valence-electron chi connectivity index (χ2n) is 12.9. The molecule has 2 N–H and O–H groups in total. The van der Waals surface area contributed by atoms with Gasteiger partial charge in [0.2, 0.25) is 6.41 Å². The fourth-order valence-electron chi connectivity index (χ4n) is 4.73. The van der Waals surface area contributed by atoms with Crippen molar-refractivity contribution in [2.45, 2.75) is 96.1 Å². The van der Waals surface area contributed by atoms with Crippen LogP contribution in [0.5, 0.6) is 17.2 Å². The predicted octanol–water partition coefficient (Wildman–Crippen LogP) is 9.90. The van der Waals surface area contributed by atoms with Gasteiger partial charge in [0.1, 0.15) is 17.2 Å². The first-order valence-corrected chi connectivity index (χ1v) is 17.0. The van der Waals surface area contributed by atoms with Crippen LogP contribution in [0, 0.1) is 19.8 Å². The molecule has 0 saturated heterocycles. The van der Waals surface area contributed by atoms with Gasteiger partial charge in [0, 0.05) is 27.2 Å². The number of hydrogen-bond acceptors (Lipinski definition) is 6. The van der Waals surface area contributed by atoms with Crippen molar-refractivity contribution in [3.8, 4) is 17.2 Å². The van der Waals surface area contributed by atoms with E-state index >= 15 is 0 Å². The number of amides is 1. The molecule has 1 unspecified atom stereocenters. The molecule has 0 heterocycles. The van der Waals surface area contributed by atoms with Gasteiger partial charge in [-0.2, -0.15) is 0 Å². The van der Waals surface area contributed by atoms with E-state index in [1.54, 1.807) is 23.9 Å². The van der Waals surface area contributed by atoms with Crippen molar-refractivity contribution in [1.82, 2.24) is 5.32 Å². The number of aryl methyl sites for hydroxylation is 2. The third-order valence-corrected chi connectivity index (χ3v) is 8.56. The predicted molar refractivity (Wildman–Crippen MR) is 191 cm³/mol. The Morgan fingerprint density at radius 3 is 2.02 bits per heavy atom. The van der Waals surface area contributed by atoms with Crippen LogP contribution in [0.25, 0.3) is 0 Å². The number of carbonyl (C=O) groups excluding carboxylic acids is 2. The normalized spacial score (nSPS) is 11.7. The molecule has 1 atom stereocenters. The Bertz CT molecular complexity index is 1590. The van der Waals surface area contributed by atoms with E-state index in [1.807, 2.05) is 61.5 Å². The molecule has 0 bridgehead atoms. The topological polar surface area (TPSA) is 84.9 Å². The summed E-state index contributed by atoms with van der Waals surface area (Å²) in [6.45, 7) is 17.0. The molecule has 0 fully saturated rings. The van der Waals surface area contributed by atoms with Crippen molar-refractivity contribution in [1.29, 1.82) is 0 Å². The summed E-state index contributed by atoms with van der Waals surface area (Å²) >= 11 is 1.58. The summed E-state index contributed by atoms with van der Waals surface area (Å²) < 4.78 is 11.9. The van der Waals surface area contributed by atoms with Crippen molar-refractivity contribution in [3.05, 3.63) is 113 Å². The highest BCUT2D eigenvalue weighted by Crippen LogP contribution is 2.37. The number of phenolic OH excluding ortho intramolecular Hbond substituents is 1. The first kappa shape index (κ1) is 37.2. The van der Waals surface area contributed by atoms with Crippen LogP contribution in [0.3, 0.4) is 0 Å². The van der Waals surface area contributed by atoms with Gasteiger partial charge in [-0.05, 0) is 96.6 Å². The van der Waals surface area contributed by atoms with Crippen LogP contribution in [-0.4, -0.2) is 23.7 Å². The molecule has 47 heavy (non-hydrogen) atoms. The number of phenols is 1. The van der Waals surface area contributed by atoms with Crippen LogP contribution in [0.15, 0.2) is 94.7 Å². The number of aromatic hydroxyl groups is 1. The Balaban J connectivity index is 0.00000142. The van der Waals surface area contributed by atoms with Crippen LogP contribution in [0.1, 0.15) is 82.2 Å². The maximum atomic E-state index is 13.1. The molecule has 0 aliphatic rings. The fourth-order valence-corrected chi connectivity index (χ4v) is 5.54. The number of nitrogens with one attached hydrogen (secondary N) is 1. The summed E-state index contributed by atoms with van der Waals surface area (Å²) in [5.41, 5.74) is 5.06. The summed E-state index contributed by atoms with van der Waals surface area (Å²) in [5.74, 6) is 1.82. The Labute approximate surface area is 284 Å². The zero-order chi connectivity index (χ0) is 34.6. The molecule has 4 aromatic carbocycles. The number of carbonyl (C=O) groups is 2. The van der Waals surface area contributed by atoms with Crippen molar-refractivity contribution in [2.24, 2.45) is 5.92 Å². The van der Waals surface area contributed by atoms with Gasteiger partial charge in [0.05, 0.1) is 6.42 Å². The molecule has 7 heteroatoms. The molecule has 0 spiro atoms. The molecule has 0 radical (unpaired) electrons. The highest BCUT2D eigenvalue weighted by atomic mass is 32.2. The molecular formula is C40H49NO5S. The maximum Gasteiger partial charge on any atom is 0.312 e. The minimum atomic E-state index is -0.673. The molecule has 6 nitrogen and oxygen atoms in total. The summed E-state index contributed by atoms with van der Waals surface area (Å²) in [6, 6.07) is 27.3. The van der Waals surface area contributed by atoms with E-state index in [9.17, 15) is 14.7 Å². The van der Waals surface area contributed by atoms with E-state index in [-0.39, 0.29) is 17.6 Å². The lowest BCUT2D eigenvalue weighted by atomic mass is 9.76. The molecule has 4 rings (SSSR count). The van der Waals surface area contributed by atoms with Crippen molar-refractivity contribution in [3.63, 3.8) is 0 Å². The lowest BCUT2D eigenvalue weighted by Gasteiger charge is -2.28. The van der Waals surface area contributed by atoms with Gasteiger partial charge in [-0.1, -0.05) is 90.1 Å². The smallest absolute Gasteiger partial charge is 0.312 e. The summed E-state index contributed by atoms with van der Waals surface area (Å²) in [4.78, 5) is 26.1. The van der Waals surface area contributed by atoms with Crippen LogP contribution in [-0.2, 0) is 26.2 Å². The molecule has 1 amide bonds.